The van der Waals surface area contributed by atoms with E-state index in [2.05, 4.69) is 22.4 Å². The average molecular weight is 195 g/mol. The van der Waals surface area contributed by atoms with E-state index in [4.69, 9.17) is 4.52 Å². The van der Waals surface area contributed by atoms with Gasteiger partial charge in [-0.25, -0.2) is 0 Å². The lowest BCUT2D eigenvalue weighted by Crippen LogP contribution is -2.33. The Morgan fingerprint density at radius 1 is 1.71 bits per heavy atom. The number of carbonyl (C=O) groups excluding carboxylic acids is 1. The molecule has 1 aromatic rings. The molecule has 2 N–H and O–H groups in total. The molecule has 1 heterocycles. The van der Waals surface area contributed by atoms with E-state index in [0.29, 0.717) is 18.8 Å². The van der Waals surface area contributed by atoms with Crippen molar-refractivity contribution in [3.63, 3.8) is 0 Å². The third kappa shape index (κ3) is 3.86. The number of hydrogen-bond acceptors (Lipinski definition) is 4. The summed E-state index contributed by atoms with van der Waals surface area (Å²) in [6.07, 6.45) is 3.24. The Bertz CT molecular complexity index is 282. The number of rotatable bonds is 6. The number of carbonyl (C=O) groups is 1. The summed E-state index contributed by atoms with van der Waals surface area (Å²) in [4.78, 5) is 11.1. The monoisotopic (exact) mass is 195 g/mol. The van der Waals surface area contributed by atoms with Crippen molar-refractivity contribution in [3.8, 4) is 0 Å². The van der Waals surface area contributed by atoms with Crippen LogP contribution >= 0.6 is 0 Å². The van der Waals surface area contributed by atoms with Gasteiger partial charge >= 0.3 is 0 Å². The predicted molar refractivity (Wildman–Crippen MR) is 51.4 cm³/mol. The highest BCUT2D eigenvalue weighted by Gasteiger charge is 2.01. The van der Waals surface area contributed by atoms with Crippen LogP contribution in [0, 0.1) is 0 Å². The smallest absolute Gasteiger partial charge is 0.234 e. The van der Waals surface area contributed by atoms with Crippen LogP contribution in [0.5, 0.6) is 0 Å². The third-order valence-electron chi connectivity index (χ3n) is 1.53. The molecule has 0 spiro atoms. The molecule has 14 heavy (non-hydrogen) atoms. The van der Waals surface area contributed by atoms with E-state index in [-0.39, 0.29) is 12.5 Å². The van der Waals surface area contributed by atoms with E-state index >= 15 is 0 Å². The molecule has 5 heteroatoms. The van der Waals surface area contributed by atoms with Gasteiger partial charge in [0.25, 0.3) is 0 Å². The molecular weight excluding hydrogens is 182 g/mol. The average Bonchev–Trinajstić information content (AvgIpc) is 2.68. The maximum atomic E-state index is 11.1. The summed E-state index contributed by atoms with van der Waals surface area (Å²) in [5.41, 5.74) is 0. The topological polar surface area (TPSA) is 67.2 Å². The SMILES string of the molecule is C=CCNCC(=O)NCc1ccno1. The standard InChI is InChI=1S/C9H13N3O2/c1-2-4-10-7-9(13)11-6-8-3-5-12-14-8/h2-3,5,10H,1,4,6-7H2,(H,11,13). The van der Waals surface area contributed by atoms with Gasteiger partial charge in [0.1, 0.15) is 0 Å². The highest BCUT2D eigenvalue weighted by atomic mass is 16.5. The zero-order valence-corrected chi connectivity index (χ0v) is 7.82. The second-order valence-electron chi connectivity index (χ2n) is 2.68. The summed E-state index contributed by atoms with van der Waals surface area (Å²) >= 11 is 0. The van der Waals surface area contributed by atoms with Crippen molar-refractivity contribution in [2.45, 2.75) is 6.54 Å². The first kappa shape index (κ1) is 10.5. The van der Waals surface area contributed by atoms with E-state index in [9.17, 15) is 4.79 Å². The first-order chi connectivity index (χ1) is 6.83. The second-order valence-corrected chi connectivity index (χ2v) is 2.68. The zero-order valence-electron chi connectivity index (χ0n) is 7.82. The number of hydrogen-bond donors (Lipinski definition) is 2. The highest BCUT2D eigenvalue weighted by molar-refractivity contribution is 5.77. The normalized spacial score (nSPS) is 9.71. The van der Waals surface area contributed by atoms with Gasteiger partial charge in [-0.1, -0.05) is 11.2 Å². The van der Waals surface area contributed by atoms with Gasteiger partial charge in [0.2, 0.25) is 5.91 Å². The summed E-state index contributed by atoms with van der Waals surface area (Å²) in [5.74, 6) is 0.560. The Balaban J connectivity index is 2.12. The Labute approximate surface area is 82.2 Å². The second kappa shape index (κ2) is 5.93. The highest BCUT2D eigenvalue weighted by Crippen LogP contribution is 1.94. The molecule has 0 saturated heterocycles. The molecular formula is C9H13N3O2. The number of nitrogens with one attached hydrogen (secondary N) is 2. The lowest BCUT2D eigenvalue weighted by molar-refractivity contribution is -0.120. The van der Waals surface area contributed by atoms with Gasteiger partial charge < -0.3 is 15.2 Å². The molecule has 1 aromatic heterocycles. The maximum Gasteiger partial charge on any atom is 0.234 e. The molecule has 1 rings (SSSR count). The maximum absolute atomic E-state index is 11.1. The first-order valence-electron chi connectivity index (χ1n) is 4.31. The number of nitrogens with zero attached hydrogens (tertiary/aromatic N) is 1. The van der Waals surface area contributed by atoms with Crippen LogP contribution in [0.1, 0.15) is 5.76 Å². The van der Waals surface area contributed by atoms with Crippen LogP contribution in [0.2, 0.25) is 0 Å². The van der Waals surface area contributed by atoms with Crippen molar-refractivity contribution in [2.24, 2.45) is 0 Å². The van der Waals surface area contributed by atoms with Crippen molar-refractivity contribution in [3.05, 3.63) is 30.7 Å². The van der Waals surface area contributed by atoms with Crippen molar-refractivity contribution in [1.29, 1.82) is 0 Å². The van der Waals surface area contributed by atoms with Gasteiger partial charge in [-0.3, -0.25) is 4.79 Å². The van der Waals surface area contributed by atoms with Crippen LogP contribution < -0.4 is 10.6 Å². The quantitative estimate of drug-likeness (QED) is 0.498. The lowest BCUT2D eigenvalue weighted by atomic mass is 10.4. The molecule has 5 nitrogen and oxygen atoms in total. The van der Waals surface area contributed by atoms with Gasteiger partial charge in [0.05, 0.1) is 19.3 Å². The minimum atomic E-state index is -0.0803. The van der Waals surface area contributed by atoms with Gasteiger partial charge in [0.15, 0.2) is 5.76 Å². The first-order valence-corrected chi connectivity index (χ1v) is 4.31. The Morgan fingerprint density at radius 3 is 3.21 bits per heavy atom. The fraction of sp³-hybridized carbons (Fsp3) is 0.333. The van der Waals surface area contributed by atoms with E-state index in [0.717, 1.165) is 0 Å². The van der Waals surface area contributed by atoms with E-state index in [1.54, 1.807) is 12.1 Å². The van der Waals surface area contributed by atoms with Crippen molar-refractivity contribution in [2.75, 3.05) is 13.1 Å². The Hall–Kier alpha value is -1.62. The molecule has 0 saturated carbocycles. The van der Waals surface area contributed by atoms with Crippen LogP contribution in [0.4, 0.5) is 0 Å². The van der Waals surface area contributed by atoms with Gasteiger partial charge in [-0.15, -0.1) is 6.58 Å². The number of aromatic nitrogens is 1. The van der Waals surface area contributed by atoms with E-state index < -0.39 is 0 Å². The molecule has 0 radical (unpaired) electrons. The lowest BCUT2D eigenvalue weighted by Gasteiger charge is -2.02. The molecule has 0 aliphatic rings. The molecule has 0 bridgehead atoms. The zero-order chi connectivity index (χ0) is 10.2. The Kier molecular flexibility index (Phi) is 4.43. The predicted octanol–water partition coefficient (Wildman–Crippen LogP) is 0.0664. The summed E-state index contributed by atoms with van der Waals surface area (Å²) in [6, 6.07) is 1.71. The number of amides is 1. The molecule has 0 fully saturated rings. The van der Waals surface area contributed by atoms with Crippen molar-refractivity contribution < 1.29 is 9.32 Å². The van der Waals surface area contributed by atoms with E-state index in [1.165, 1.54) is 6.20 Å². The minimum Gasteiger partial charge on any atom is -0.360 e. The van der Waals surface area contributed by atoms with Crippen LogP contribution in [0.3, 0.4) is 0 Å². The minimum absolute atomic E-state index is 0.0803. The molecule has 0 aliphatic carbocycles. The molecule has 0 unspecified atom stereocenters. The summed E-state index contributed by atoms with van der Waals surface area (Å²) in [5, 5.41) is 9.08. The van der Waals surface area contributed by atoms with Gasteiger partial charge in [0, 0.05) is 12.6 Å². The van der Waals surface area contributed by atoms with Gasteiger partial charge in [-0.2, -0.15) is 0 Å². The van der Waals surface area contributed by atoms with Crippen LogP contribution in [0.15, 0.2) is 29.4 Å². The summed E-state index contributed by atoms with van der Waals surface area (Å²) in [6.45, 7) is 4.80. The third-order valence-corrected chi connectivity index (χ3v) is 1.53. The molecule has 76 valence electrons. The summed E-state index contributed by atoms with van der Waals surface area (Å²) in [7, 11) is 0. The molecule has 0 aliphatic heterocycles. The van der Waals surface area contributed by atoms with Crippen LogP contribution in [0.25, 0.3) is 0 Å². The fourth-order valence-electron chi connectivity index (χ4n) is 0.869. The van der Waals surface area contributed by atoms with Gasteiger partial charge in [-0.05, 0) is 0 Å². The fourth-order valence-corrected chi connectivity index (χ4v) is 0.869. The van der Waals surface area contributed by atoms with Crippen molar-refractivity contribution >= 4 is 5.91 Å². The van der Waals surface area contributed by atoms with Crippen LogP contribution in [-0.4, -0.2) is 24.2 Å². The summed E-state index contributed by atoms with van der Waals surface area (Å²) < 4.78 is 4.81. The molecule has 0 atom stereocenters. The van der Waals surface area contributed by atoms with Crippen LogP contribution in [-0.2, 0) is 11.3 Å². The molecule has 0 aromatic carbocycles. The van der Waals surface area contributed by atoms with E-state index in [1.807, 2.05) is 0 Å². The largest absolute Gasteiger partial charge is 0.360 e. The Morgan fingerprint density at radius 2 is 2.57 bits per heavy atom. The van der Waals surface area contributed by atoms with Crippen molar-refractivity contribution in [1.82, 2.24) is 15.8 Å². The molecule has 1 amide bonds.